The molecule has 0 aliphatic heterocycles. The minimum Gasteiger partial charge on any atom is -0.488 e. The number of rotatable bonds is 5. The monoisotopic (exact) mass is 360 g/mol. The first-order valence-electron chi connectivity index (χ1n) is 7.98. The first-order valence-corrected chi connectivity index (χ1v) is 9.46. The Morgan fingerprint density at radius 2 is 1.64 bits per heavy atom. The van der Waals surface area contributed by atoms with Gasteiger partial charge in [0.05, 0.1) is 11.1 Å². The Balaban J connectivity index is 2.05. The smallest absolute Gasteiger partial charge is 0.276 e. The lowest BCUT2D eigenvalue weighted by atomic mass is 10.1. The second kappa shape index (κ2) is 7.27. The minimum absolute atomic E-state index is 0.196. The number of nitrogens with one attached hydrogen (secondary N) is 1. The van der Waals surface area contributed by atoms with E-state index in [0.29, 0.717) is 0 Å². The maximum Gasteiger partial charge on any atom is 0.276 e. The molecule has 0 amide bonds. The molecule has 25 heavy (non-hydrogen) atoms. The third-order valence-corrected chi connectivity index (χ3v) is 4.70. The molecule has 2 rings (SSSR count). The lowest BCUT2D eigenvalue weighted by Gasteiger charge is -2.21. The van der Waals surface area contributed by atoms with E-state index in [4.69, 9.17) is 4.74 Å². The van der Waals surface area contributed by atoms with Gasteiger partial charge in [0.1, 0.15) is 11.4 Å². The van der Waals surface area contributed by atoms with E-state index >= 15 is 0 Å². The topological polar surface area (TPSA) is 67.8 Å². The molecule has 5 nitrogen and oxygen atoms in total. The van der Waals surface area contributed by atoms with Gasteiger partial charge in [0.25, 0.3) is 10.0 Å². The third kappa shape index (κ3) is 5.60. The normalized spacial score (nSPS) is 12.4. The van der Waals surface area contributed by atoms with Gasteiger partial charge in [-0.25, -0.2) is 4.83 Å². The summed E-state index contributed by atoms with van der Waals surface area (Å²) in [6.07, 6.45) is 1.46. The Kier molecular flexibility index (Phi) is 5.52. The lowest BCUT2D eigenvalue weighted by Crippen LogP contribution is -2.22. The molecule has 2 aromatic carbocycles. The van der Waals surface area contributed by atoms with Crippen LogP contribution in [-0.4, -0.2) is 20.2 Å². The van der Waals surface area contributed by atoms with Crippen LogP contribution in [0.25, 0.3) is 0 Å². The molecular formula is C19H24N2O3S. The van der Waals surface area contributed by atoms with Crippen LogP contribution in [0.1, 0.15) is 37.5 Å². The van der Waals surface area contributed by atoms with Crippen molar-refractivity contribution in [2.75, 3.05) is 0 Å². The van der Waals surface area contributed by atoms with E-state index in [1.165, 1.54) is 6.21 Å². The molecule has 0 heterocycles. The molecule has 0 atom stereocenters. The lowest BCUT2D eigenvalue weighted by molar-refractivity contribution is 0.131. The highest BCUT2D eigenvalue weighted by Crippen LogP contribution is 2.18. The summed E-state index contributed by atoms with van der Waals surface area (Å²) in [6, 6.07) is 12.3. The van der Waals surface area contributed by atoms with Gasteiger partial charge in [0, 0.05) is 0 Å². The summed E-state index contributed by atoms with van der Waals surface area (Å²) < 4.78 is 30.2. The van der Waals surface area contributed by atoms with Crippen molar-refractivity contribution in [3.05, 3.63) is 59.2 Å². The second-order valence-electron chi connectivity index (χ2n) is 6.88. The Hall–Kier alpha value is -2.34. The zero-order valence-corrected chi connectivity index (χ0v) is 16.0. The van der Waals surface area contributed by atoms with E-state index in [0.717, 1.165) is 22.4 Å². The van der Waals surface area contributed by atoms with E-state index in [9.17, 15) is 8.42 Å². The van der Waals surface area contributed by atoms with Crippen LogP contribution < -0.4 is 9.57 Å². The Morgan fingerprint density at radius 3 is 2.20 bits per heavy atom. The van der Waals surface area contributed by atoms with Crippen LogP contribution in [0.5, 0.6) is 5.75 Å². The van der Waals surface area contributed by atoms with Gasteiger partial charge in [0.2, 0.25) is 0 Å². The fourth-order valence-electron chi connectivity index (χ4n) is 2.08. The molecule has 2 aromatic rings. The molecule has 6 heteroatoms. The van der Waals surface area contributed by atoms with E-state index in [-0.39, 0.29) is 10.5 Å². The maximum atomic E-state index is 12.3. The Bertz CT molecular complexity index is 865. The highest BCUT2D eigenvalue weighted by Gasteiger charge is 2.13. The number of ether oxygens (including phenoxy) is 1. The molecule has 0 aliphatic rings. The fraction of sp³-hybridized carbons (Fsp3) is 0.316. The van der Waals surface area contributed by atoms with Gasteiger partial charge in [0.15, 0.2) is 0 Å². The average Bonchev–Trinajstić information content (AvgIpc) is 2.50. The summed E-state index contributed by atoms with van der Waals surface area (Å²) in [7, 11) is -3.67. The molecule has 0 unspecified atom stereocenters. The molecule has 0 saturated carbocycles. The number of nitrogens with zero attached hydrogens (tertiary/aromatic N) is 1. The first-order chi connectivity index (χ1) is 11.6. The molecule has 0 aliphatic carbocycles. The highest BCUT2D eigenvalue weighted by atomic mass is 32.2. The zero-order chi connectivity index (χ0) is 18.7. The summed E-state index contributed by atoms with van der Waals surface area (Å²) in [5.41, 5.74) is 2.46. The van der Waals surface area contributed by atoms with Gasteiger partial charge in [-0.05, 0) is 87.7 Å². The van der Waals surface area contributed by atoms with Gasteiger partial charge in [-0.15, -0.1) is 0 Å². The van der Waals surface area contributed by atoms with E-state index in [2.05, 4.69) is 9.93 Å². The predicted octanol–water partition coefficient (Wildman–Crippen LogP) is 3.79. The summed E-state index contributed by atoms with van der Waals surface area (Å²) in [5.74, 6) is 0.750. The van der Waals surface area contributed by atoms with E-state index < -0.39 is 10.0 Å². The van der Waals surface area contributed by atoms with Crippen molar-refractivity contribution in [1.82, 2.24) is 4.83 Å². The standard InChI is InChI=1S/C19H24N2O3S/c1-14-6-11-18(12-15(14)2)25(22,23)21-20-13-16-7-9-17(10-8-16)24-19(3,4)5/h6-13,21H,1-5H3/b20-13+. The Labute approximate surface area is 149 Å². The average molecular weight is 360 g/mol. The van der Waals surface area contributed by atoms with Crippen LogP contribution in [-0.2, 0) is 10.0 Å². The molecule has 1 N–H and O–H groups in total. The summed E-state index contributed by atoms with van der Waals surface area (Å²) in [6.45, 7) is 9.74. The van der Waals surface area contributed by atoms with Gasteiger partial charge in [-0.2, -0.15) is 13.5 Å². The zero-order valence-electron chi connectivity index (χ0n) is 15.2. The van der Waals surface area contributed by atoms with Gasteiger partial charge in [-0.1, -0.05) is 6.07 Å². The van der Waals surface area contributed by atoms with Crippen LogP contribution in [0.2, 0.25) is 0 Å². The number of aryl methyl sites for hydroxylation is 2. The second-order valence-corrected chi connectivity index (χ2v) is 8.54. The quantitative estimate of drug-likeness (QED) is 0.651. The first kappa shape index (κ1) is 19.0. The molecule has 134 valence electrons. The van der Waals surface area contributed by atoms with Crippen molar-refractivity contribution in [3.8, 4) is 5.75 Å². The van der Waals surface area contributed by atoms with Crippen LogP contribution >= 0.6 is 0 Å². The fourth-order valence-corrected chi connectivity index (χ4v) is 2.96. The van der Waals surface area contributed by atoms with Crippen LogP contribution in [0, 0.1) is 13.8 Å². The van der Waals surface area contributed by atoms with Crippen LogP contribution in [0.3, 0.4) is 0 Å². The molecule has 0 fully saturated rings. The van der Waals surface area contributed by atoms with Crippen LogP contribution in [0.4, 0.5) is 0 Å². The summed E-state index contributed by atoms with van der Waals surface area (Å²) in [5, 5.41) is 3.84. The van der Waals surface area contributed by atoms with Gasteiger partial charge in [-0.3, -0.25) is 0 Å². The van der Waals surface area contributed by atoms with Gasteiger partial charge >= 0.3 is 0 Å². The molecule has 0 spiro atoms. The predicted molar refractivity (Wildman–Crippen MR) is 101 cm³/mol. The Morgan fingerprint density at radius 1 is 1.00 bits per heavy atom. The number of hydrazone groups is 1. The van der Waals surface area contributed by atoms with E-state index in [1.807, 2.05) is 58.9 Å². The summed E-state index contributed by atoms with van der Waals surface area (Å²) >= 11 is 0. The third-order valence-electron chi connectivity index (χ3n) is 3.48. The highest BCUT2D eigenvalue weighted by molar-refractivity contribution is 7.89. The number of benzene rings is 2. The van der Waals surface area contributed by atoms with Crippen molar-refractivity contribution in [2.24, 2.45) is 5.10 Å². The molecule has 0 aromatic heterocycles. The molecule has 0 radical (unpaired) electrons. The largest absolute Gasteiger partial charge is 0.488 e. The number of hydrogen-bond donors (Lipinski definition) is 1. The number of hydrogen-bond acceptors (Lipinski definition) is 4. The minimum atomic E-state index is -3.67. The van der Waals surface area contributed by atoms with Crippen molar-refractivity contribution >= 4 is 16.2 Å². The van der Waals surface area contributed by atoms with Crippen molar-refractivity contribution in [2.45, 2.75) is 45.1 Å². The van der Waals surface area contributed by atoms with Crippen molar-refractivity contribution in [1.29, 1.82) is 0 Å². The SMILES string of the molecule is Cc1ccc(S(=O)(=O)N/N=C/c2ccc(OC(C)(C)C)cc2)cc1C. The molecule has 0 bridgehead atoms. The maximum absolute atomic E-state index is 12.3. The van der Waals surface area contributed by atoms with Crippen LogP contribution in [0.15, 0.2) is 52.5 Å². The molecule has 0 saturated heterocycles. The van der Waals surface area contributed by atoms with Crippen molar-refractivity contribution in [3.63, 3.8) is 0 Å². The summed E-state index contributed by atoms with van der Waals surface area (Å²) in [4.78, 5) is 2.43. The van der Waals surface area contributed by atoms with Crippen molar-refractivity contribution < 1.29 is 13.2 Å². The molecular weight excluding hydrogens is 336 g/mol. The van der Waals surface area contributed by atoms with Gasteiger partial charge < -0.3 is 4.74 Å². The number of sulfonamides is 1. The van der Waals surface area contributed by atoms with E-state index in [1.54, 1.807) is 18.2 Å².